The van der Waals surface area contributed by atoms with Gasteiger partial charge in [0.2, 0.25) is 0 Å². The van der Waals surface area contributed by atoms with E-state index in [2.05, 4.69) is 0 Å². The first-order valence-electron chi connectivity index (χ1n) is 10.0. The number of para-hydroxylation sites is 1. The number of rotatable bonds is 8. The minimum atomic E-state index is -0.0122. The Balaban J connectivity index is 1.55. The van der Waals surface area contributed by atoms with E-state index in [1.165, 1.54) is 0 Å². The molecule has 31 heavy (non-hydrogen) atoms. The lowest BCUT2D eigenvalue weighted by Crippen LogP contribution is -2.03. The largest absolute Gasteiger partial charge is 0.497 e. The van der Waals surface area contributed by atoms with Crippen molar-refractivity contribution >= 4 is 11.9 Å². The Bertz CT molecular complexity index is 1100. The number of ketones is 1. The Morgan fingerprint density at radius 2 is 1.65 bits per heavy atom. The predicted octanol–water partition coefficient (Wildman–Crippen LogP) is 5.08. The molecule has 0 spiro atoms. The summed E-state index contributed by atoms with van der Waals surface area (Å²) in [5.41, 5.74) is 4.17. The van der Waals surface area contributed by atoms with Gasteiger partial charge in [0.1, 0.15) is 23.9 Å². The van der Waals surface area contributed by atoms with Gasteiger partial charge < -0.3 is 18.9 Å². The number of fused-ring (bicyclic) bond motifs is 1. The van der Waals surface area contributed by atoms with Gasteiger partial charge in [0.15, 0.2) is 12.6 Å². The number of allylic oxidation sites excluding steroid dienone is 1. The minimum Gasteiger partial charge on any atom is -0.497 e. The SMILES string of the molecule is COCOc1ccccc1/C=C1\Cc2cccc(OCc3ccc(OC)cc3)c2C1=O. The van der Waals surface area contributed by atoms with E-state index in [-0.39, 0.29) is 12.6 Å². The molecule has 0 fully saturated rings. The van der Waals surface area contributed by atoms with E-state index in [4.69, 9.17) is 18.9 Å². The number of hydrogen-bond donors (Lipinski definition) is 0. The zero-order valence-corrected chi connectivity index (χ0v) is 17.6. The number of methoxy groups -OCH3 is 2. The van der Waals surface area contributed by atoms with Crippen LogP contribution >= 0.6 is 0 Å². The Morgan fingerprint density at radius 3 is 2.42 bits per heavy atom. The molecule has 0 bridgehead atoms. The van der Waals surface area contributed by atoms with E-state index < -0.39 is 0 Å². The fourth-order valence-electron chi connectivity index (χ4n) is 3.59. The van der Waals surface area contributed by atoms with Gasteiger partial charge in [0.25, 0.3) is 0 Å². The topological polar surface area (TPSA) is 54.0 Å². The molecule has 0 unspecified atom stereocenters. The van der Waals surface area contributed by atoms with Crippen molar-refractivity contribution < 1.29 is 23.7 Å². The average molecular weight is 416 g/mol. The minimum absolute atomic E-state index is 0.0122. The quantitative estimate of drug-likeness (QED) is 0.379. The van der Waals surface area contributed by atoms with Gasteiger partial charge in [-0.2, -0.15) is 0 Å². The lowest BCUT2D eigenvalue weighted by Gasteiger charge is -2.10. The summed E-state index contributed by atoms with van der Waals surface area (Å²) < 4.78 is 21.8. The number of Topliss-reactive ketones (excluding diaryl/α,β-unsaturated/α-hetero) is 1. The van der Waals surface area contributed by atoms with Crippen LogP contribution in [0.25, 0.3) is 6.08 Å². The van der Waals surface area contributed by atoms with Crippen molar-refractivity contribution in [1.29, 1.82) is 0 Å². The molecule has 1 aliphatic rings. The summed E-state index contributed by atoms with van der Waals surface area (Å²) in [6.07, 6.45) is 2.45. The van der Waals surface area contributed by atoms with Crippen LogP contribution in [0.1, 0.15) is 27.0 Å². The summed E-state index contributed by atoms with van der Waals surface area (Å²) in [6, 6.07) is 21.0. The van der Waals surface area contributed by atoms with Gasteiger partial charge in [-0.1, -0.05) is 42.5 Å². The van der Waals surface area contributed by atoms with Crippen molar-refractivity contribution in [3.05, 3.63) is 94.6 Å². The fraction of sp³-hybridized carbons (Fsp3) is 0.192. The third-order valence-electron chi connectivity index (χ3n) is 5.15. The third kappa shape index (κ3) is 4.62. The normalized spacial score (nSPS) is 13.9. The van der Waals surface area contributed by atoms with E-state index in [9.17, 15) is 4.79 Å². The Kier molecular flexibility index (Phi) is 6.34. The third-order valence-corrected chi connectivity index (χ3v) is 5.15. The molecule has 5 heteroatoms. The Hall–Kier alpha value is -3.57. The zero-order chi connectivity index (χ0) is 21.6. The molecular formula is C26H24O5. The summed E-state index contributed by atoms with van der Waals surface area (Å²) >= 11 is 0. The second-order valence-electron chi connectivity index (χ2n) is 7.19. The van der Waals surface area contributed by atoms with Gasteiger partial charge in [0.05, 0.1) is 12.7 Å². The second-order valence-corrected chi connectivity index (χ2v) is 7.19. The van der Waals surface area contributed by atoms with Crippen LogP contribution in [0, 0.1) is 0 Å². The van der Waals surface area contributed by atoms with Crippen LogP contribution in [0.15, 0.2) is 72.3 Å². The van der Waals surface area contributed by atoms with Gasteiger partial charge in [-0.25, -0.2) is 0 Å². The molecule has 0 radical (unpaired) electrons. The maximum absolute atomic E-state index is 13.2. The van der Waals surface area contributed by atoms with Gasteiger partial charge in [-0.3, -0.25) is 4.79 Å². The highest BCUT2D eigenvalue weighted by atomic mass is 16.7. The Labute approximate surface area is 181 Å². The molecule has 0 saturated carbocycles. The molecule has 158 valence electrons. The predicted molar refractivity (Wildman–Crippen MR) is 119 cm³/mol. The molecule has 1 aliphatic carbocycles. The molecule has 0 saturated heterocycles. The summed E-state index contributed by atoms with van der Waals surface area (Å²) in [5, 5.41) is 0. The van der Waals surface area contributed by atoms with Crippen molar-refractivity contribution in [3.8, 4) is 17.2 Å². The van der Waals surface area contributed by atoms with Gasteiger partial charge in [-0.05, 0) is 41.5 Å². The number of ether oxygens (including phenoxy) is 4. The van der Waals surface area contributed by atoms with E-state index >= 15 is 0 Å². The first-order valence-corrected chi connectivity index (χ1v) is 10.0. The van der Waals surface area contributed by atoms with Crippen molar-refractivity contribution in [3.63, 3.8) is 0 Å². The van der Waals surface area contributed by atoms with Crippen molar-refractivity contribution in [1.82, 2.24) is 0 Å². The molecule has 0 amide bonds. The van der Waals surface area contributed by atoms with E-state index in [0.717, 1.165) is 22.4 Å². The lowest BCUT2D eigenvalue weighted by atomic mass is 10.1. The van der Waals surface area contributed by atoms with Crippen LogP contribution in [0.4, 0.5) is 0 Å². The molecule has 0 N–H and O–H groups in total. The van der Waals surface area contributed by atoms with E-state index in [0.29, 0.717) is 35.7 Å². The molecule has 5 nitrogen and oxygen atoms in total. The number of hydrogen-bond acceptors (Lipinski definition) is 5. The monoisotopic (exact) mass is 416 g/mol. The smallest absolute Gasteiger partial charge is 0.193 e. The highest BCUT2D eigenvalue weighted by Gasteiger charge is 2.28. The maximum Gasteiger partial charge on any atom is 0.193 e. The molecule has 4 rings (SSSR count). The average Bonchev–Trinajstić information content (AvgIpc) is 3.13. The Morgan fingerprint density at radius 1 is 0.871 bits per heavy atom. The second kappa shape index (κ2) is 9.49. The van der Waals surface area contributed by atoms with E-state index in [1.807, 2.05) is 72.8 Å². The summed E-state index contributed by atoms with van der Waals surface area (Å²) in [5.74, 6) is 2.06. The van der Waals surface area contributed by atoms with Crippen molar-refractivity contribution in [2.45, 2.75) is 13.0 Å². The van der Waals surface area contributed by atoms with Crippen molar-refractivity contribution in [2.24, 2.45) is 0 Å². The maximum atomic E-state index is 13.2. The van der Waals surface area contributed by atoms with Gasteiger partial charge >= 0.3 is 0 Å². The molecular weight excluding hydrogens is 392 g/mol. The van der Waals surface area contributed by atoms with Crippen LogP contribution in [0.3, 0.4) is 0 Å². The highest BCUT2D eigenvalue weighted by Crippen LogP contribution is 2.35. The highest BCUT2D eigenvalue weighted by molar-refractivity contribution is 6.17. The standard InChI is InChI=1S/C26H24O5/c1-28-17-31-23-8-4-3-6-19(23)14-21-15-20-7-5-9-24(25(20)26(21)27)30-16-18-10-12-22(29-2)13-11-18/h3-14H,15-17H2,1-2H3/b21-14+. The molecule has 0 heterocycles. The number of benzene rings is 3. The molecule has 0 aliphatic heterocycles. The van der Waals surface area contributed by atoms with Gasteiger partial charge in [0, 0.05) is 24.7 Å². The number of carbonyl (C=O) groups excluding carboxylic acids is 1. The lowest BCUT2D eigenvalue weighted by molar-refractivity contribution is 0.0510. The summed E-state index contributed by atoms with van der Waals surface area (Å²) in [7, 11) is 3.21. The fourth-order valence-corrected chi connectivity index (χ4v) is 3.59. The van der Waals surface area contributed by atoms with Crippen molar-refractivity contribution in [2.75, 3.05) is 21.0 Å². The van der Waals surface area contributed by atoms with Crippen LogP contribution in [-0.4, -0.2) is 26.8 Å². The molecule has 0 atom stereocenters. The van der Waals surface area contributed by atoms with Crippen LogP contribution in [0.5, 0.6) is 17.2 Å². The summed E-state index contributed by atoms with van der Waals surface area (Å²) in [4.78, 5) is 13.2. The first kappa shape index (κ1) is 20.7. The van der Waals surface area contributed by atoms with Crippen LogP contribution in [0.2, 0.25) is 0 Å². The summed E-state index contributed by atoms with van der Waals surface area (Å²) in [6.45, 7) is 0.526. The van der Waals surface area contributed by atoms with E-state index in [1.54, 1.807) is 14.2 Å². The van der Waals surface area contributed by atoms with Crippen LogP contribution in [-0.2, 0) is 17.8 Å². The number of carbonyl (C=O) groups is 1. The molecule has 3 aromatic rings. The van der Waals surface area contributed by atoms with Gasteiger partial charge in [-0.15, -0.1) is 0 Å². The van der Waals surface area contributed by atoms with Crippen LogP contribution < -0.4 is 14.2 Å². The molecule has 0 aromatic heterocycles. The molecule has 3 aromatic carbocycles. The first-order chi connectivity index (χ1) is 15.2. The zero-order valence-electron chi connectivity index (χ0n) is 17.6.